The molecule has 0 saturated heterocycles. The summed E-state index contributed by atoms with van der Waals surface area (Å²) in [5, 5.41) is 8.90. The van der Waals surface area contributed by atoms with Crippen molar-refractivity contribution in [1.82, 2.24) is 4.98 Å². The van der Waals surface area contributed by atoms with Gasteiger partial charge in [-0.1, -0.05) is 6.07 Å². The zero-order chi connectivity index (χ0) is 17.0. The van der Waals surface area contributed by atoms with Gasteiger partial charge >= 0.3 is 6.36 Å². The summed E-state index contributed by atoms with van der Waals surface area (Å²) < 4.78 is 40.8. The molecule has 1 heterocycles. The number of anilines is 3. The first-order valence-electron chi connectivity index (χ1n) is 6.33. The van der Waals surface area contributed by atoms with Crippen LogP contribution in [0.3, 0.4) is 0 Å². The van der Waals surface area contributed by atoms with Gasteiger partial charge in [-0.25, -0.2) is 4.98 Å². The van der Waals surface area contributed by atoms with Gasteiger partial charge in [0, 0.05) is 25.3 Å². The second-order valence-electron chi connectivity index (χ2n) is 4.41. The highest BCUT2D eigenvalue weighted by Crippen LogP contribution is 2.30. The predicted molar refractivity (Wildman–Crippen MR) is 75.6 cm³/mol. The second kappa shape index (κ2) is 6.53. The van der Waals surface area contributed by atoms with Gasteiger partial charge in [-0.3, -0.25) is 20.4 Å². The number of aromatic nitrogens is 1. The largest absolute Gasteiger partial charge is 0.573 e. The van der Waals surface area contributed by atoms with Crippen molar-refractivity contribution in [3.63, 3.8) is 0 Å². The van der Waals surface area contributed by atoms with Gasteiger partial charge in [-0.2, -0.15) is 0 Å². The summed E-state index contributed by atoms with van der Waals surface area (Å²) in [4.78, 5) is 16.9. The van der Waals surface area contributed by atoms with E-state index in [1.165, 1.54) is 37.4 Å². The Bertz CT molecular complexity index is 707. The fourth-order valence-electron chi connectivity index (χ4n) is 1.91. The zero-order valence-electron chi connectivity index (χ0n) is 11.8. The minimum atomic E-state index is -4.83. The molecule has 1 aromatic carbocycles. The number of ether oxygens (including phenoxy) is 1. The molecule has 2 N–H and O–H groups in total. The SMILES string of the molecule is CC(=O)N(c1cccc(OC(F)(F)F)c1)c1cc(NO)ccn1. The zero-order valence-corrected chi connectivity index (χ0v) is 11.8. The van der Waals surface area contributed by atoms with Gasteiger partial charge in [-0.05, 0) is 18.2 Å². The monoisotopic (exact) mass is 327 g/mol. The third-order valence-corrected chi connectivity index (χ3v) is 2.73. The van der Waals surface area contributed by atoms with Crippen molar-refractivity contribution in [1.29, 1.82) is 0 Å². The maximum atomic E-state index is 12.3. The summed E-state index contributed by atoms with van der Waals surface area (Å²) >= 11 is 0. The first kappa shape index (κ1) is 16.6. The highest BCUT2D eigenvalue weighted by atomic mass is 19.4. The van der Waals surface area contributed by atoms with Crippen LogP contribution in [-0.2, 0) is 4.79 Å². The van der Waals surface area contributed by atoms with Gasteiger partial charge in [0.25, 0.3) is 0 Å². The summed E-state index contributed by atoms with van der Waals surface area (Å²) in [6.45, 7) is 1.23. The standard InChI is InChI=1S/C14H12F3N3O3/c1-9(21)20(13-7-10(19-22)5-6-18-13)11-3-2-4-12(8-11)23-14(15,16)17/h2-8,22H,1H3,(H,18,19). The van der Waals surface area contributed by atoms with E-state index in [0.29, 0.717) is 0 Å². The summed E-state index contributed by atoms with van der Waals surface area (Å²) in [6.07, 6.45) is -3.50. The minimum Gasteiger partial charge on any atom is -0.406 e. The lowest BCUT2D eigenvalue weighted by Gasteiger charge is -2.21. The van der Waals surface area contributed by atoms with Gasteiger partial charge in [0.2, 0.25) is 5.91 Å². The van der Waals surface area contributed by atoms with Crippen LogP contribution in [0.25, 0.3) is 0 Å². The topological polar surface area (TPSA) is 74.7 Å². The molecule has 1 aromatic heterocycles. The van der Waals surface area contributed by atoms with Crippen LogP contribution in [0.15, 0.2) is 42.6 Å². The van der Waals surface area contributed by atoms with Crippen molar-refractivity contribution < 1.29 is 27.9 Å². The molecule has 0 atom stereocenters. The molecule has 0 bridgehead atoms. The molecule has 2 aromatic rings. The Balaban J connectivity index is 2.42. The molecular formula is C14H12F3N3O3. The lowest BCUT2D eigenvalue weighted by atomic mass is 10.2. The van der Waals surface area contributed by atoms with Crippen molar-refractivity contribution in [2.24, 2.45) is 0 Å². The summed E-state index contributed by atoms with van der Waals surface area (Å²) in [7, 11) is 0. The number of hydrogen-bond donors (Lipinski definition) is 2. The van der Waals surface area contributed by atoms with E-state index in [4.69, 9.17) is 5.21 Å². The Morgan fingerprint density at radius 2 is 2.04 bits per heavy atom. The molecule has 0 fully saturated rings. The molecule has 1 amide bonds. The summed E-state index contributed by atoms with van der Waals surface area (Å²) in [5.74, 6) is -0.810. The summed E-state index contributed by atoms with van der Waals surface area (Å²) in [5.41, 5.74) is 2.31. The number of nitrogens with zero attached hydrogens (tertiary/aromatic N) is 2. The number of pyridine rings is 1. The second-order valence-corrected chi connectivity index (χ2v) is 4.41. The third kappa shape index (κ3) is 4.33. The molecule has 0 spiro atoms. The number of benzene rings is 1. The normalized spacial score (nSPS) is 11.0. The van der Waals surface area contributed by atoms with E-state index in [1.807, 2.05) is 5.48 Å². The molecule has 0 aliphatic rings. The molecule has 6 nitrogen and oxygen atoms in total. The molecule has 122 valence electrons. The van der Waals surface area contributed by atoms with Crippen LogP contribution < -0.4 is 15.1 Å². The van der Waals surface area contributed by atoms with Crippen LogP contribution in [0.5, 0.6) is 5.75 Å². The number of amides is 1. The van der Waals surface area contributed by atoms with Gasteiger partial charge < -0.3 is 4.74 Å². The fraction of sp³-hybridized carbons (Fsp3) is 0.143. The minimum absolute atomic E-state index is 0.126. The predicted octanol–water partition coefficient (Wildman–Crippen LogP) is 3.47. The molecule has 0 radical (unpaired) electrons. The summed E-state index contributed by atoms with van der Waals surface area (Å²) in [6, 6.07) is 7.75. The van der Waals surface area contributed by atoms with Crippen molar-refractivity contribution in [2.75, 3.05) is 10.4 Å². The van der Waals surface area contributed by atoms with Crippen molar-refractivity contribution in [2.45, 2.75) is 13.3 Å². The highest BCUT2D eigenvalue weighted by molar-refractivity contribution is 5.98. The van der Waals surface area contributed by atoms with Crippen LogP contribution in [0.2, 0.25) is 0 Å². The van der Waals surface area contributed by atoms with Gasteiger partial charge in [-0.15, -0.1) is 13.2 Å². The first-order chi connectivity index (χ1) is 10.8. The Kier molecular flexibility index (Phi) is 4.70. The van der Waals surface area contributed by atoms with Crippen LogP contribution >= 0.6 is 0 Å². The van der Waals surface area contributed by atoms with E-state index in [-0.39, 0.29) is 17.2 Å². The van der Waals surface area contributed by atoms with E-state index in [0.717, 1.165) is 17.0 Å². The number of halogens is 3. The van der Waals surface area contributed by atoms with E-state index in [2.05, 4.69) is 9.72 Å². The van der Waals surface area contributed by atoms with Crippen LogP contribution in [-0.4, -0.2) is 22.5 Å². The van der Waals surface area contributed by atoms with Crippen molar-refractivity contribution >= 4 is 23.1 Å². The maximum absolute atomic E-state index is 12.3. The van der Waals surface area contributed by atoms with E-state index < -0.39 is 18.0 Å². The Morgan fingerprint density at radius 1 is 1.30 bits per heavy atom. The number of rotatable bonds is 4. The fourth-order valence-corrected chi connectivity index (χ4v) is 1.91. The highest BCUT2D eigenvalue weighted by Gasteiger charge is 2.31. The van der Waals surface area contributed by atoms with Crippen LogP contribution in [0.1, 0.15) is 6.92 Å². The van der Waals surface area contributed by atoms with E-state index in [1.54, 1.807) is 0 Å². The molecule has 23 heavy (non-hydrogen) atoms. The number of carbonyl (C=O) groups is 1. The van der Waals surface area contributed by atoms with Crippen molar-refractivity contribution in [3.05, 3.63) is 42.6 Å². The Hall–Kier alpha value is -2.81. The Labute approximate surface area is 129 Å². The maximum Gasteiger partial charge on any atom is 0.573 e. The lowest BCUT2D eigenvalue weighted by molar-refractivity contribution is -0.274. The molecule has 2 rings (SSSR count). The third-order valence-electron chi connectivity index (χ3n) is 2.73. The average molecular weight is 327 g/mol. The number of carbonyl (C=O) groups excluding carboxylic acids is 1. The van der Waals surface area contributed by atoms with Gasteiger partial charge in [0.1, 0.15) is 11.6 Å². The molecule has 9 heteroatoms. The van der Waals surface area contributed by atoms with Gasteiger partial charge in [0.15, 0.2) is 0 Å². The van der Waals surface area contributed by atoms with Crippen LogP contribution in [0.4, 0.5) is 30.4 Å². The quantitative estimate of drug-likeness (QED) is 0.841. The lowest BCUT2D eigenvalue weighted by Crippen LogP contribution is -2.24. The van der Waals surface area contributed by atoms with Crippen LogP contribution in [0, 0.1) is 0 Å². The molecule has 0 aliphatic carbocycles. The molecule has 0 aliphatic heterocycles. The molecule has 0 unspecified atom stereocenters. The number of hydrogen-bond acceptors (Lipinski definition) is 5. The van der Waals surface area contributed by atoms with Gasteiger partial charge in [0.05, 0.1) is 11.4 Å². The average Bonchev–Trinajstić information content (AvgIpc) is 2.46. The molecule has 0 saturated carbocycles. The first-order valence-corrected chi connectivity index (χ1v) is 6.33. The van der Waals surface area contributed by atoms with E-state index >= 15 is 0 Å². The number of nitrogens with one attached hydrogen (secondary N) is 1. The number of alkyl halides is 3. The molecular weight excluding hydrogens is 315 g/mol. The van der Waals surface area contributed by atoms with E-state index in [9.17, 15) is 18.0 Å². The smallest absolute Gasteiger partial charge is 0.406 e. The Morgan fingerprint density at radius 3 is 2.65 bits per heavy atom. The van der Waals surface area contributed by atoms with Crippen molar-refractivity contribution in [3.8, 4) is 5.75 Å².